The van der Waals surface area contributed by atoms with E-state index in [1.54, 1.807) is 30.3 Å². The Kier molecular flexibility index (Phi) is 6.95. The van der Waals surface area contributed by atoms with Crippen LogP contribution in [-0.4, -0.2) is 18.2 Å². The molecular weight excluding hydrogens is 350 g/mol. The van der Waals surface area contributed by atoms with E-state index in [1.165, 1.54) is 13.1 Å². The second kappa shape index (κ2) is 9.40. The number of nitrogens with zero attached hydrogens (tertiary/aromatic N) is 1. The van der Waals surface area contributed by atoms with E-state index in [-0.39, 0.29) is 11.4 Å². The van der Waals surface area contributed by atoms with Crippen molar-refractivity contribution < 1.29 is 9.59 Å². The zero-order chi connectivity index (χ0) is 18.9. The lowest BCUT2D eigenvalue weighted by molar-refractivity contribution is -0.112. The van der Waals surface area contributed by atoms with E-state index in [0.717, 1.165) is 5.56 Å². The summed E-state index contributed by atoms with van der Waals surface area (Å²) in [5.74, 6) is -0.567. The van der Waals surface area contributed by atoms with Crippen LogP contribution in [-0.2, 0) is 11.2 Å². The molecule has 0 saturated heterocycles. The molecule has 5 nitrogen and oxygen atoms in total. The Hall–Kier alpha value is -3.10. The molecule has 2 aromatic carbocycles. The molecule has 0 aromatic heterocycles. The van der Waals surface area contributed by atoms with Crippen LogP contribution in [0.3, 0.4) is 0 Å². The van der Waals surface area contributed by atoms with Crippen molar-refractivity contribution in [2.75, 3.05) is 11.9 Å². The lowest BCUT2D eigenvalue weighted by Crippen LogP contribution is -2.18. The number of benzene rings is 2. The topological polar surface area (TPSA) is 82.0 Å². The van der Waals surface area contributed by atoms with Crippen LogP contribution in [0.2, 0.25) is 5.02 Å². The predicted molar refractivity (Wildman–Crippen MR) is 102 cm³/mol. The lowest BCUT2D eigenvalue weighted by Gasteiger charge is -2.06. The number of nitrogens with one attached hydrogen (secondary N) is 2. The third-order valence-corrected chi connectivity index (χ3v) is 3.84. The molecule has 0 fully saturated rings. The van der Waals surface area contributed by atoms with Crippen molar-refractivity contribution in [2.45, 2.75) is 13.3 Å². The molecule has 0 unspecified atom stereocenters. The molecule has 0 bridgehead atoms. The summed E-state index contributed by atoms with van der Waals surface area (Å²) in [4.78, 5) is 23.4. The van der Waals surface area contributed by atoms with Crippen LogP contribution < -0.4 is 10.6 Å². The van der Waals surface area contributed by atoms with Gasteiger partial charge < -0.3 is 10.6 Å². The van der Waals surface area contributed by atoms with Gasteiger partial charge in [0.15, 0.2) is 5.78 Å². The monoisotopic (exact) mass is 367 g/mol. The predicted octanol–water partition coefficient (Wildman–Crippen LogP) is 3.72. The number of halogens is 1. The average Bonchev–Trinajstić information content (AvgIpc) is 2.62. The number of Topliss-reactive ketones (excluding diaryl/α,β-unsaturated/α-hetero) is 1. The highest BCUT2D eigenvalue weighted by molar-refractivity contribution is 6.30. The molecule has 132 valence electrons. The molecule has 2 rings (SSSR count). The maximum Gasteiger partial charge on any atom is 0.267 e. The molecule has 0 saturated carbocycles. The van der Waals surface area contributed by atoms with E-state index in [9.17, 15) is 9.59 Å². The number of carbonyl (C=O) groups excluding carboxylic acids is 2. The first-order valence-corrected chi connectivity index (χ1v) is 8.38. The molecule has 0 aliphatic rings. The first-order chi connectivity index (χ1) is 12.5. The molecule has 0 aliphatic carbocycles. The Morgan fingerprint density at radius 2 is 1.92 bits per heavy atom. The van der Waals surface area contributed by atoms with E-state index in [4.69, 9.17) is 16.9 Å². The largest absolute Gasteiger partial charge is 0.389 e. The molecular formula is C20H18ClN3O2. The van der Waals surface area contributed by atoms with Crippen LogP contribution in [0.5, 0.6) is 0 Å². The standard InChI is InChI=1S/C20H18ClN3O2/c1-14(25)16-5-7-19(8-6-16)24-20(26)17(12-22)13-23-10-9-15-3-2-4-18(21)11-15/h2-8,11,13,23H,9-10H2,1H3,(H,24,26)/b17-13-. The minimum Gasteiger partial charge on any atom is -0.389 e. The van der Waals surface area contributed by atoms with Crippen LogP contribution in [0.4, 0.5) is 5.69 Å². The number of nitriles is 1. The average molecular weight is 368 g/mol. The number of amides is 1. The van der Waals surface area contributed by atoms with Crippen molar-refractivity contribution in [3.63, 3.8) is 0 Å². The number of anilines is 1. The highest BCUT2D eigenvalue weighted by Gasteiger charge is 2.09. The van der Waals surface area contributed by atoms with Gasteiger partial charge in [-0.2, -0.15) is 5.26 Å². The molecule has 0 spiro atoms. The second-order valence-corrected chi connectivity index (χ2v) is 6.03. The summed E-state index contributed by atoms with van der Waals surface area (Å²) in [7, 11) is 0. The number of hydrogen-bond acceptors (Lipinski definition) is 4. The van der Waals surface area contributed by atoms with Gasteiger partial charge in [-0.25, -0.2) is 0 Å². The van der Waals surface area contributed by atoms with Crippen molar-refractivity contribution >= 4 is 29.0 Å². The SMILES string of the molecule is CC(=O)c1ccc(NC(=O)/C(C#N)=C\NCCc2cccc(Cl)c2)cc1. The highest BCUT2D eigenvalue weighted by Crippen LogP contribution is 2.12. The summed E-state index contributed by atoms with van der Waals surface area (Å²) < 4.78 is 0. The molecule has 0 heterocycles. The van der Waals surface area contributed by atoms with Crippen LogP contribution in [0.1, 0.15) is 22.8 Å². The number of carbonyl (C=O) groups is 2. The molecule has 0 atom stereocenters. The third kappa shape index (κ3) is 5.76. The Morgan fingerprint density at radius 1 is 1.19 bits per heavy atom. The van der Waals surface area contributed by atoms with Gasteiger partial charge in [-0.15, -0.1) is 0 Å². The summed E-state index contributed by atoms with van der Waals surface area (Å²) in [5.41, 5.74) is 2.10. The van der Waals surface area contributed by atoms with Crippen LogP contribution >= 0.6 is 11.6 Å². The van der Waals surface area contributed by atoms with E-state index >= 15 is 0 Å². The summed E-state index contributed by atoms with van der Waals surface area (Å²) in [5, 5.41) is 15.4. The molecule has 1 amide bonds. The lowest BCUT2D eigenvalue weighted by atomic mass is 10.1. The first kappa shape index (κ1) is 19.2. The highest BCUT2D eigenvalue weighted by atomic mass is 35.5. The van der Waals surface area contributed by atoms with Gasteiger partial charge in [-0.1, -0.05) is 23.7 Å². The quantitative estimate of drug-likeness (QED) is 0.338. The molecule has 2 N–H and O–H groups in total. The minimum atomic E-state index is -0.515. The van der Waals surface area contributed by atoms with E-state index in [2.05, 4.69) is 10.6 Å². The van der Waals surface area contributed by atoms with Gasteiger partial charge in [-0.3, -0.25) is 9.59 Å². The summed E-state index contributed by atoms with van der Waals surface area (Å²) in [6.07, 6.45) is 2.10. The number of hydrogen-bond donors (Lipinski definition) is 2. The summed E-state index contributed by atoms with van der Waals surface area (Å²) in [6.45, 7) is 2.03. The van der Waals surface area contributed by atoms with Gasteiger partial charge in [0.2, 0.25) is 0 Å². The Labute approximate surface area is 157 Å². The van der Waals surface area contributed by atoms with E-state index in [1.807, 2.05) is 24.3 Å². The Balaban J connectivity index is 1.90. The van der Waals surface area contributed by atoms with Gasteiger partial charge in [0.05, 0.1) is 0 Å². The fraction of sp³-hybridized carbons (Fsp3) is 0.150. The van der Waals surface area contributed by atoms with Gasteiger partial charge in [0.25, 0.3) is 5.91 Å². The van der Waals surface area contributed by atoms with Gasteiger partial charge in [-0.05, 0) is 55.3 Å². The number of ketones is 1. The summed E-state index contributed by atoms with van der Waals surface area (Å²) in [6, 6.07) is 15.9. The van der Waals surface area contributed by atoms with E-state index < -0.39 is 5.91 Å². The normalized spacial score (nSPS) is 10.7. The molecule has 0 aliphatic heterocycles. The molecule has 6 heteroatoms. The zero-order valence-electron chi connectivity index (χ0n) is 14.3. The van der Waals surface area contributed by atoms with Crippen molar-refractivity contribution in [1.82, 2.24) is 5.32 Å². The maximum atomic E-state index is 12.1. The zero-order valence-corrected chi connectivity index (χ0v) is 15.0. The minimum absolute atomic E-state index is 0.0354. The van der Waals surface area contributed by atoms with Crippen molar-refractivity contribution in [3.8, 4) is 6.07 Å². The third-order valence-electron chi connectivity index (χ3n) is 3.61. The smallest absolute Gasteiger partial charge is 0.267 e. The summed E-state index contributed by atoms with van der Waals surface area (Å²) >= 11 is 5.93. The molecule has 26 heavy (non-hydrogen) atoms. The van der Waals surface area contributed by atoms with Crippen LogP contribution in [0.25, 0.3) is 0 Å². The van der Waals surface area contributed by atoms with Crippen LogP contribution in [0.15, 0.2) is 60.3 Å². The van der Waals surface area contributed by atoms with Gasteiger partial charge in [0.1, 0.15) is 11.6 Å². The molecule has 2 aromatic rings. The fourth-order valence-electron chi connectivity index (χ4n) is 2.22. The Morgan fingerprint density at radius 3 is 2.54 bits per heavy atom. The molecule has 0 radical (unpaired) electrons. The number of rotatable bonds is 7. The van der Waals surface area contributed by atoms with Crippen molar-refractivity contribution in [2.24, 2.45) is 0 Å². The van der Waals surface area contributed by atoms with Gasteiger partial charge >= 0.3 is 0 Å². The fourth-order valence-corrected chi connectivity index (χ4v) is 2.43. The van der Waals surface area contributed by atoms with Crippen LogP contribution in [0, 0.1) is 11.3 Å². The van der Waals surface area contributed by atoms with Crippen molar-refractivity contribution in [1.29, 1.82) is 5.26 Å². The Bertz CT molecular complexity index is 867. The first-order valence-electron chi connectivity index (χ1n) is 8.00. The maximum absolute atomic E-state index is 12.1. The van der Waals surface area contributed by atoms with Crippen molar-refractivity contribution in [3.05, 3.63) is 76.5 Å². The van der Waals surface area contributed by atoms with Gasteiger partial charge in [0, 0.05) is 29.0 Å². The van der Waals surface area contributed by atoms with E-state index in [0.29, 0.717) is 29.2 Å². The second-order valence-electron chi connectivity index (χ2n) is 5.59.